The first kappa shape index (κ1) is 22.4. The van der Waals surface area contributed by atoms with E-state index < -0.39 is 12.0 Å². The minimum atomic E-state index is -0.791. The van der Waals surface area contributed by atoms with Gasteiger partial charge in [0.05, 0.1) is 7.11 Å². The number of carbonyl (C=O) groups is 3. The zero-order valence-corrected chi connectivity index (χ0v) is 17.9. The smallest absolute Gasteiger partial charge is 0.328 e. The molecule has 0 saturated carbocycles. The number of hydrogen-bond acceptors (Lipinski definition) is 4. The Morgan fingerprint density at radius 2 is 1.84 bits per heavy atom. The predicted octanol–water partition coefficient (Wildman–Crippen LogP) is 3.23. The highest BCUT2D eigenvalue weighted by Gasteiger charge is 2.23. The normalized spacial score (nSPS) is 11.7. The van der Waals surface area contributed by atoms with Gasteiger partial charge in [-0.1, -0.05) is 29.8 Å². The predicted molar refractivity (Wildman–Crippen MR) is 119 cm³/mol. The average Bonchev–Trinajstić information content (AvgIpc) is 3.19. The minimum Gasteiger partial charge on any atom is -0.467 e. The van der Waals surface area contributed by atoms with E-state index in [0.717, 1.165) is 16.5 Å². The van der Waals surface area contributed by atoms with E-state index in [2.05, 4.69) is 15.6 Å². The van der Waals surface area contributed by atoms with Gasteiger partial charge in [0.15, 0.2) is 0 Å². The van der Waals surface area contributed by atoms with Crippen LogP contribution in [0.15, 0.2) is 54.7 Å². The summed E-state index contributed by atoms with van der Waals surface area (Å²) < 4.78 is 4.86. The van der Waals surface area contributed by atoms with Gasteiger partial charge < -0.3 is 20.4 Å². The first-order valence-corrected chi connectivity index (χ1v) is 10.3. The molecule has 2 aromatic carbocycles. The van der Waals surface area contributed by atoms with Crippen LogP contribution in [0.25, 0.3) is 10.9 Å². The van der Waals surface area contributed by atoms with Crippen LogP contribution in [0.1, 0.15) is 28.8 Å². The van der Waals surface area contributed by atoms with Crippen LogP contribution >= 0.6 is 11.6 Å². The molecule has 0 aliphatic heterocycles. The van der Waals surface area contributed by atoms with Crippen molar-refractivity contribution < 1.29 is 19.1 Å². The fraction of sp³-hybridized carbons (Fsp3) is 0.261. The second kappa shape index (κ2) is 10.6. The minimum absolute atomic E-state index is 0.169. The number of ether oxygens (including phenoxy) is 1. The van der Waals surface area contributed by atoms with Crippen molar-refractivity contribution in [3.63, 3.8) is 0 Å². The number of hydrogen-bond donors (Lipinski definition) is 3. The maximum Gasteiger partial charge on any atom is 0.328 e. The molecule has 31 heavy (non-hydrogen) atoms. The summed E-state index contributed by atoms with van der Waals surface area (Å²) in [5.74, 6) is -1.02. The largest absolute Gasteiger partial charge is 0.467 e. The Labute approximate surface area is 185 Å². The zero-order chi connectivity index (χ0) is 22.2. The third kappa shape index (κ3) is 6.08. The van der Waals surface area contributed by atoms with Crippen molar-refractivity contribution in [2.45, 2.75) is 25.3 Å². The Hall–Kier alpha value is -3.32. The number of halogens is 1. The van der Waals surface area contributed by atoms with Crippen molar-refractivity contribution in [3.8, 4) is 0 Å². The Kier molecular flexibility index (Phi) is 7.67. The summed E-state index contributed by atoms with van der Waals surface area (Å²) in [7, 11) is 1.29. The van der Waals surface area contributed by atoms with Crippen LogP contribution in [0.3, 0.4) is 0 Å². The van der Waals surface area contributed by atoms with Crippen molar-refractivity contribution in [2.24, 2.45) is 0 Å². The molecule has 1 atom stereocenters. The highest BCUT2D eigenvalue weighted by Crippen LogP contribution is 2.19. The van der Waals surface area contributed by atoms with Gasteiger partial charge in [-0.15, -0.1) is 0 Å². The van der Waals surface area contributed by atoms with Crippen LogP contribution in [-0.2, 0) is 20.7 Å². The summed E-state index contributed by atoms with van der Waals surface area (Å²) in [5, 5.41) is 7.05. The van der Waals surface area contributed by atoms with Crippen molar-refractivity contribution >= 4 is 40.3 Å². The third-order valence-electron chi connectivity index (χ3n) is 4.89. The number of nitrogens with one attached hydrogen (secondary N) is 3. The first-order chi connectivity index (χ1) is 15.0. The topological polar surface area (TPSA) is 100 Å². The Morgan fingerprint density at radius 3 is 2.58 bits per heavy atom. The molecule has 1 heterocycles. The molecule has 1 unspecified atom stereocenters. The molecule has 3 aromatic rings. The number of H-pyrrole nitrogens is 1. The number of rotatable bonds is 9. The van der Waals surface area contributed by atoms with E-state index in [1.807, 2.05) is 30.5 Å². The van der Waals surface area contributed by atoms with E-state index in [-0.39, 0.29) is 18.2 Å². The Morgan fingerprint density at radius 1 is 1.10 bits per heavy atom. The van der Waals surface area contributed by atoms with Crippen LogP contribution in [0.4, 0.5) is 0 Å². The molecule has 2 amide bonds. The highest BCUT2D eigenvalue weighted by atomic mass is 35.5. The summed E-state index contributed by atoms with van der Waals surface area (Å²) >= 11 is 5.81. The monoisotopic (exact) mass is 441 g/mol. The van der Waals surface area contributed by atoms with Gasteiger partial charge in [0.25, 0.3) is 5.91 Å². The number of aromatic nitrogens is 1. The molecule has 3 rings (SSSR count). The van der Waals surface area contributed by atoms with E-state index in [1.54, 1.807) is 24.3 Å². The van der Waals surface area contributed by atoms with E-state index in [0.29, 0.717) is 30.0 Å². The maximum atomic E-state index is 12.4. The summed E-state index contributed by atoms with van der Waals surface area (Å²) in [4.78, 5) is 39.8. The average molecular weight is 442 g/mol. The van der Waals surface area contributed by atoms with Crippen LogP contribution in [-0.4, -0.2) is 42.5 Å². The van der Waals surface area contributed by atoms with Crippen LogP contribution < -0.4 is 10.6 Å². The molecule has 162 valence electrons. The lowest BCUT2D eigenvalue weighted by Crippen LogP contribution is -2.43. The van der Waals surface area contributed by atoms with E-state index in [9.17, 15) is 14.4 Å². The van der Waals surface area contributed by atoms with Gasteiger partial charge in [-0.05, 0) is 42.3 Å². The van der Waals surface area contributed by atoms with Crippen LogP contribution in [0.5, 0.6) is 0 Å². The summed E-state index contributed by atoms with van der Waals surface area (Å²) in [6, 6.07) is 13.5. The number of methoxy groups -OCH3 is 1. The summed E-state index contributed by atoms with van der Waals surface area (Å²) in [6.45, 7) is 0.334. The number of aromatic amines is 1. The van der Waals surface area contributed by atoms with Crippen LogP contribution in [0, 0.1) is 0 Å². The lowest BCUT2D eigenvalue weighted by molar-refractivity contribution is -0.145. The number of para-hydroxylation sites is 1. The van der Waals surface area contributed by atoms with Gasteiger partial charge in [0.2, 0.25) is 5.91 Å². The molecule has 0 spiro atoms. The number of esters is 1. The SMILES string of the molecule is COC(=O)C(Cc1c[nH]c2ccccc12)NC(=O)CCCNC(=O)c1ccc(Cl)cc1. The van der Waals surface area contributed by atoms with Crippen molar-refractivity contribution in [1.82, 2.24) is 15.6 Å². The number of carbonyl (C=O) groups excluding carboxylic acids is 3. The van der Waals surface area contributed by atoms with E-state index in [1.165, 1.54) is 7.11 Å². The van der Waals surface area contributed by atoms with Gasteiger partial charge in [0.1, 0.15) is 6.04 Å². The van der Waals surface area contributed by atoms with Gasteiger partial charge in [0, 0.05) is 47.1 Å². The zero-order valence-electron chi connectivity index (χ0n) is 17.1. The fourth-order valence-electron chi connectivity index (χ4n) is 3.28. The van der Waals surface area contributed by atoms with E-state index in [4.69, 9.17) is 16.3 Å². The van der Waals surface area contributed by atoms with Gasteiger partial charge in [-0.2, -0.15) is 0 Å². The first-order valence-electron chi connectivity index (χ1n) is 9.94. The van der Waals surface area contributed by atoms with Crippen molar-refractivity contribution in [3.05, 3.63) is 70.9 Å². The third-order valence-corrected chi connectivity index (χ3v) is 5.14. The molecule has 0 aliphatic rings. The standard InChI is InChI=1S/C23H24ClN3O4/c1-31-23(30)20(13-16-14-26-19-6-3-2-5-18(16)19)27-21(28)7-4-12-25-22(29)15-8-10-17(24)11-9-15/h2-3,5-6,8-11,14,20,26H,4,7,12-13H2,1H3,(H,25,29)(H,27,28). The van der Waals surface area contributed by atoms with E-state index >= 15 is 0 Å². The summed E-state index contributed by atoms with van der Waals surface area (Å²) in [5.41, 5.74) is 2.38. The number of fused-ring (bicyclic) bond motifs is 1. The fourth-order valence-corrected chi connectivity index (χ4v) is 3.40. The molecule has 0 aliphatic carbocycles. The summed E-state index contributed by atoms with van der Waals surface area (Å²) in [6.07, 6.45) is 2.75. The second-order valence-electron chi connectivity index (χ2n) is 7.07. The molecule has 0 radical (unpaired) electrons. The lowest BCUT2D eigenvalue weighted by atomic mass is 10.0. The number of benzene rings is 2. The van der Waals surface area contributed by atoms with Gasteiger partial charge in [-0.3, -0.25) is 9.59 Å². The second-order valence-corrected chi connectivity index (χ2v) is 7.51. The maximum absolute atomic E-state index is 12.4. The Bertz CT molecular complexity index is 1060. The molecular formula is C23H24ClN3O4. The number of amides is 2. The van der Waals surface area contributed by atoms with Gasteiger partial charge in [-0.25, -0.2) is 4.79 Å². The van der Waals surface area contributed by atoms with Crippen molar-refractivity contribution in [2.75, 3.05) is 13.7 Å². The van der Waals surface area contributed by atoms with Gasteiger partial charge >= 0.3 is 5.97 Å². The molecule has 1 aromatic heterocycles. The molecular weight excluding hydrogens is 418 g/mol. The Balaban J connectivity index is 1.49. The van der Waals surface area contributed by atoms with Crippen molar-refractivity contribution in [1.29, 1.82) is 0 Å². The quantitative estimate of drug-likeness (QED) is 0.350. The molecule has 0 fully saturated rings. The molecule has 3 N–H and O–H groups in total. The lowest BCUT2D eigenvalue weighted by Gasteiger charge is -2.16. The molecule has 7 nitrogen and oxygen atoms in total. The molecule has 0 saturated heterocycles. The highest BCUT2D eigenvalue weighted by molar-refractivity contribution is 6.30. The van der Waals surface area contributed by atoms with Crippen LogP contribution in [0.2, 0.25) is 5.02 Å². The molecule has 8 heteroatoms. The molecule has 0 bridgehead atoms.